The molecule has 0 aliphatic carbocycles. The minimum Gasteiger partial charge on any atom is -0.326 e. The monoisotopic (exact) mass is 416 g/mol. The number of rotatable bonds is 7. The Balaban J connectivity index is 1.52. The molecule has 3 rings (SSSR count). The molecule has 0 aliphatic heterocycles. The fraction of sp³-hybridized carbons (Fsp3) is 0.150. The van der Waals surface area contributed by atoms with Crippen molar-refractivity contribution in [1.82, 2.24) is 4.98 Å². The predicted molar refractivity (Wildman–Crippen MR) is 112 cm³/mol. The number of carbonyl (C=O) groups is 2. The van der Waals surface area contributed by atoms with Gasteiger partial charge in [-0.05, 0) is 48.9 Å². The molecule has 0 saturated heterocycles. The Morgan fingerprint density at radius 3 is 2.67 bits per heavy atom. The lowest BCUT2D eigenvalue weighted by molar-refractivity contribution is -0.115. The van der Waals surface area contributed by atoms with Crippen LogP contribution in [0.25, 0.3) is 0 Å². The van der Waals surface area contributed by atoms with Gasteiger partial charge >= 0.3 is 0 Å². The van der Waals surface area contributed by atoms with Gasteiger partial charge in [-0.1, -0.05) is 35.5 Å². The Morgan fingerprint density at radius 2 is 1.96 bits per heavy atom. The van der Waals surface area contributed by atoms with Crippen LogP contribution in [-0.4, -0.2) is 16.7 Å². The highest BCUT2D eigenvalue weighted by atomic mass is 35.5. The summed E-state index contributed by atoms with van der Waals surface area (Å²) < 4.78 is 0.920. The first-order valence-electron chi connectivity index (χ1n) is 8.22. The van der Waals surface area contributed by atoms with Crippen LogP contribution in [0.4, 0.5) is 5.69 Å². The number of halogens is 1. The Hall–Kier alpha value is -2.15. The Morgan fingerprint density at radius 1 is 1.19 bits per heavy atom. The van der Waals surface area contributed by atoms with Crippen LogP contribution in [-0.2, 0) is 17.0 Å². The van der Waals surface area contributed by atoms with E-state index in [1.165, 1.54) is 18.3 Å². The van der Waals surface area contributed by atoms with E-state index in [0.29, 0.717) is 11.3 Å². The first kappa shape index (κ1) is 19.6. The second kappa shape index (κ2) is 9.17. The molecule has 0 spiro atoms. The zero-order chi connectivity index (χ0) is 19.2. The summed E-state index contributed by atoms with van der Waals surface area (Å²) in [6.07, 6.45) is 0.211. The quantitative estimate of drug-likeness (QED) is 0.409. The SMILES string of the molecule is CC(=O)c1ccc(NC(=O)Cc2csc(SCc3cccc(Cl)c3)n2)cc1. The van der Waals surface area contributed by atoms with Crippen molar-refractivity contribution in [3.63, 3.8) is 0 Å². The van der Waals surface area contributed by atoms with Crippen molar-refractivity contribution in [3.8, 4) is 0 Å². The van der Waals surface area contributed by atoms with Crippen LogP contribution in [0.1, 0.15) is 28.5 Å². The molecule has 0 saturated carbocycles. The van der Waals surface area contributed by atoms with E-state index in [9.17, 15) is 9.59 Å². The minimum absolute atomic E-state index is 0.00171. The van der Waals surface area contributed by atoms with Crippen LogP contribution in [0.15, 0.2) is 58.3 Å². The third-order valence-electron chi connectivity index (χ3n) is 3.70. The van der Waals surface area contributed by atoms with E-state index in [-0.39, 0.29) is 18.1 Å². The number of amides is 1. The molecule has 0 unspecified atom stereocenters. The lowest BCUT2D eigenvalue weighted by Gasteiger charge is -2.04. The van der Waals surface area contributed by atoms with Gasteiger partial charge in [0.15, 0.2) is 5.78 Å². The number of hydrogen-bond acceptors (Lipinski definition) is 5. The standard InChI is InChI=1S/C20H17ClN2O2S2/c1-13(24)15-5-7-17(8-6-15)22-19(25)10-18-12-27-20(23-18)26-11-14-3-2-4-16(21)9-14/h2-9,12H,10-11H2,1H3,(H,22,25). The Labute approximate surface area is 171 Å². The molecule has 2 aromatic carbocycles. The summed E-state index contributed by atoms with van der Waals surface area (Å²) in [5, 5.41) is 5.45. The molecule has 0 radical (unpaired) electrons. The van der Waals surface area contributed by atoms with Crippen molar-refractivity contribution in [2.24, 2.45) is 0 Å². The summed E-state index contributed by atoms with van der Waals surface area (Å²) in [6.45, 7) is 1.51. The van der Waals surface area contributed by atoms with Crippen LogP contribution < -0.4 is 5.32 Å². The summed E-state index contributed by atoms with van der Waals surface area (Å²) in [4.78, 5) is 28.0. The van der Waals surface area contributed by atoms with E-state index in [1.807, 2.05) is 29.6 Å². The van der Waals surface area contributed by atoms with Gasteiger partial charge in [-0.3, -0.25) is 9.59 Å². The Bertz CT molecular complexity index is 955. The number of benzene rings is 2. The number of Topliss-reactive ketones (excluding diaryl/α,β-unsaturated/α-hetero) is 1. The van der Waals surface area contributed by atoms with Crippen LogP contribution in [0.3, 0.4) is 0 Å². The summed E-state index contributed by atoms with van der Waals surface area (Å²) >= 11 is 9.15. The average molecular weight is 417 g/mol. The average Bonchev–Trinajstić information content (AvgIpc) is 3.07. The second-order valence-corrected chi connectivity index (χ2v) is 8.40. The predicted octanol–water partition coefficient (Wildman–Crippen LogP) is 5.47. The molecule has 27 heavy (non-hydrogen) atoms. The lowest BCUT2D eigenvalue weighted by Crippen LogP contribution is -2.14. The number of nitrogens with zero attached hydrogens (tertiary/aromatic N) is 1. The number of ketones is 1. The zero-order valence-electron chi connectivity index (χ0n) is 14.6. The maximum Gasteiger partial charge on any atom is 0.230 e. The number of nitrogens with one attached hydrogen (secondary N) is 1. The third kappa shape index (κ3) is 5.92. The van der Waals surface area contributed by atoms with Crippen molar-refractivity contribution in [1.29, 1.82) is 0 Å². The van der Waals surface area contributed by atoms with E-state index in [1.54, 1.807) is 36.0 Å². The summed E-state index contributed by atoms with van der Waals surface area (Å²) in [5.41, 5.74) is 3.16. The molecule has 0 bridgehead atoms. The summed E-state index contributed by atoms with van der Waals surface area (Å²) in [7, 11) is 0. The zero-order valence-corrected chi connectivity index (χ0v) is 17.0. The van der Waals surface area contributed by atoms with Crippen molar-refractivity contribution >= 4 is 52.1 Å². The topological polar surface area (TPSA) is 59.1 Å². The van der Waals surface area contributed by atoms with E-state index in [4.69, 9.17) is 11.6 Å². The van der Waals surface area contributed by atoms with Crippen LogP contribution >= 0.6 is 34.7 Å². The molecule has 0 atom stereocenters. The number of thioether (sulfide) groups is 1. The van der Waals surface area contributed by atoms with Gasteiger partial charge in [-0.15, -0.1) is 11.3 Å². The molecule has 1 heterocycles. The maximum atomic E-state index is 12.2. The van der Waals surface area contributed by atoms with Crippen molar-refractivity contribution in [2.75, 3.05) is 5.32 Å². The van der Waals surface area contributed by atoms with Crippen molar-refractivity contribution < 1.29 is 9.59 Å². The lowest BCUT2D eigenvalue weighted by atomic mass is 10.1. The molecule has 1 aromatic heterocycles. The highest BCUT2D eigenvalue weighted by Crippen LogP contribution is 2.27. The van der Waals surface area contributed by atoms with Crippen molar-refractivity contribution in [2.45, 2.75) is 23.4 Å². The van der Waals surface area contributed by atoms with Gasteiger partial charge in [-0.25, -0.2) is 4.98 Å². The fourth-order valence-electron chi connectivity index (χ4n) is 2.37. The second-order valence-electron chi connectivity index (χ2n) is 5.88. The number of anilines is 1. The molecule has 0 aliphatic rings. The van der Waals surface area contributed by atoms with Gasteiger partial charge in [-0.2, -0.15) is 0 Å². The Kier molecular flexibility index (Phi) is 6.66. The molecule has 1 N–H and O–H groups in total. The first-order chi connectivity index (χ1) is 13.0. The molecule has 3 aromatic rings. The number of carbonyl (C=O) groups excluding carboxylic acids is 2. The highest BCUT2D eigenvalue weighted by Gasteiger charge is 2.09. The normalized spacial score (nSPS) is 10.6. The van der Waals surface area contributed by atoms with Gasteiger partial charge in [0.25, 0.3) is 0 Å². The van der Waals surface area contributed by atoms with Crippen LogP contribution in [0.5, 0.6) is 0 Å². The largest absolute Gasteiger partial charge is 0.326 e. The van der Waals surface area contributed by atoms with E-state index >= 15 is 0 Å². The smallest absolute Gasteiger partial charge is 0.230 e. The third-order valence-corrected chi connectivity index (χ3v) is 6.07. The molecule has 4 nitrogen and oxygen atoms in total. The molecular formula is C20H17ClN2O2S2. The van der Waals surface area contributed by atoms with Gasteiger partial charge in [0.05, 0.1) is 12.1 Å². The van der Waals surface area contributed by atoms with Crippen molar-refractivity contribution in [3.05, 3.63) is 75.8 Å². The van der Waals surface area contributed by atoms with Gasteiger partial charge in [0.2, 0.25) is 5.91 Å². The first-order valence-corrected chi connectivity index (χ1v) is 10.5. The molecule has 1 amide bonds. The number of hydrogen-bond donors (Lipinski definition) is 1. The fourth-order valence-corrected chi connectivity index (χ4v) is 4.37. The molecule has 7 heteroatoms. The molecular weight excluding hydrogens is 400 g/mol. The number of aromatic nitrogens is 1. The van der Waals surface area contributed by atoms with Crippen LogP contribution in [0.2, 0.25) is 5.02 Å². The number of thiazole rings is 1. The summed E-state index contributed by atoms with van der Waals surface area (Å²) in [6, 6.07) is 14.6. The van der Waals surface area contributed by atoms with E-state index in [2.05, 4.69) is 10.3 Å². The molecule has 0 fully saturated rings. The summed E-state index contributed by atoms with van der Waals surface area (Å²) in [5.74, 6) is 0.641. The minimum atomic E-state index is -0.137. The van der Waals surface area contributed by atoms with Gasteiger partial charge < -0.3 is 5.32 Å². The van der Waals surface area contributed by atoms with Gasteiger partial charge in [0.1, 0.15) is 4.34 Å². The molecule has 138 valence electrons. The van der Waals surface area contributed by atoms with Crippen LogP contribution in [0, 0.1) is 0 Å². The highest BCUT2D eigenvalue weighted by molar-refractivity contribution is 8.00. The van der Waals surface area contributed by atoms with E-state index < -0.39 is 0 Å². The maximum absolute atomic E-state index is 12.2. The van der Waals surface area contributed by atoms with Gasteiger partial charge in [0, 0.05) is 27.4 Å². The van der Waals surface area contributed by atoms with E-state index in [0.717, 1.165) is 26.4 Å².